The minimum Gasteiger partial charge on any atom is -0.360 e. The smallest absolute Gasteiger partial charge is 0.108 e. The van der Waals surface area contributed by atoms with Gasteiger partial charge in [-0.25, -0.2) is 0 Å². The molecule has 13 heavy (non-hydrogen) atoms. The summed E-state index contributed by atoms with van der Waals surface area (Å²) in [5.41, 5.74) is 1.31. The highest BCUT2D eigenvalue weighted by molar-refractivity contribution is 14.1. The average Bonchev–Trinajstić information content (AvgIpc) is 2.16. The quantitative estimate of drug-likeness (QED) is 0.573. The van der Waals surface area contributed by atoms with Gasteiger partial charge in [-0.3, -0.25) is 0 Å². The van der Waals surface area contributed by atoms with Crippen molar-refractivity contribution in [3.05, 3.63) is 21.8 Å². The number of hydrogen-bond acceptors (Lipinski definition) is 1. The SMILES string of the molecule is C#CCOC1CCCC(C=C)=C1I. The molecule has 1 atom stereocenters. The van der Waals surface area contributed by atoms with Gasteiger partial charge in [-0.05, 0) is 47.4 Å². The number of halogens is 1. The van der Waals surface area contributed by atoms with Crippen LogP contribution >= 0.6 is 22.6 Å². The topological polar surface area (TPSA) is 9.23 Å². The molecule has 1 aliphatic carbocycles. The van der Waals surface area contributed by atoms with Crippen molar-refractivity contribution in [1.29, 1.82) is 0 Å². The Bertz CT molecular complexity index is 260. The fraction of sp³-hybridized carbons (Fsp3) is 0.455. The Morgan fingerprint density at radius 1 is 1.77 bits per heavy atom. The summed E-state index contributed by atoms with van der Waals surface area (Å²) in [4.78, 5) is 0. The molecule has 1 rings (SSSR count). The Morgan fingerprint density at radius 3 is 3.15 bits per heavy atom. The highest BCUT2D eigenvalue weighted by Gasteiger charge is 2.19. The first kappa shape index (κ1) is 10.8. The zero-order chi connectivity index (χ0) is 9.68. The van der Waals surface area contributed by atoms with E-state index in [2.05, 4.69) is 35.1 Å². The Balaban J connectivity index is 2.65. The van der Waals surface area contributed by atoms with Crippen LogP contribution < -0.4 is 0 Å². The van der Waals surface area contributed by atoms with E-state index in [1.807, 2.05) is 6.08 Å². The van der Waals surface area contributed by atoms with Crippen molar-refractivity contribution in [1.82, 2.24) is 0 Å². The Kier molecular flexibility index (Phi) is 4.54. The van der Waals surface area contributed by atoms with Crippen molar-refractivity contribution >= 4 is 22.6 Å². The van der Waals surface area contributed by atoms with Gasteiger partial charge in [-0.15, -0.1) is 6.42 Å². The van der Waals surface area contributed by atoms with Crippen LogP contribution in [0.5, 0.6) is 0 Å². The molecule has 0 aliphatic heterocycles. The number of hydrogen-bond donors (Lipinski definition) is 0. The second kappa shape index (κ2) is 5.46. The molecular formula is C11H13IO. The molecule has 0 saturated carbocycles. The molecule has 70 valence electrons. The molecule has 0 heterocycles. The predicted octanol–water partition coefficient (Wildman–Crippen LogP) is 3.06. The summed E-state index contributed by atoms with van der Waals surface area (Å²) in [6, 6.07) is 0. The van der Waals surface area contributed by atoms with Crippen molar-refractivity contribution in [2.45, 2.75) is 25.4 Å². The van der Waals surface area contributed by atoms with E-state index < -0.39 is 0 Å². The van der Waals surface area contributed by atoms with E-state index in [0.717, 1.165) is 12.8 Å². The molecular weight excluding hydrogens is 275 g/mol. The third kappa shape index (κ3) is 2.85. The first-order valence-corrected chi connectivity index (χ1v) is 5.43. The second-order valence-electron chi connectivity index (χ2n) is 2.97. The van der Waals surface area contributed by atoms with Crippen LogP contribution in [0.15, 0.2) is 21.8 Å². The molecule has 0 aromatic carbocycles. The van der Waals surface area contributed by atoms with Gasteiger partial charge in [0.15, 0.2) is 0 Å². The van der Waals surface area contributed by atoms with Crippen LogP contribution in [0, 0.1) is 12.3 Å². The first-order valence-electron chi connectivity index (χ1n) is 4.35. The van der Waals surface area contributed by atoms with Gasteiger partial charge >= 0.3 is 0 Å². The normalized spacial score (nSPS) is 22.6. The molecule has 0 aromatic rings. The minimum absolute atomic E-state index is 0.207. The van der Waals surface area contributed by atoms with Gasteiger partial charge in [0.05, 0.1) is 6.10 Å². The Hall–Kier alpha value is -0.270. The monoisotopic (exact) mass is 288 g/mol. The fourth-order valence-corrected chi connectivity index (χ4v) is 2.42. The van der Waals surface area contributed by atoms with E-state index in [-0.39, 0.29) is 6.10 Å². The summed E-state index contributed by atoms with van der Waals surface area (Å²) in [5, 5.41) is 0. The number of rotatable bonds is 3. The molecule has 1 unspecified atom stereocenters. The van der Waals surface area contributed by atoms with Crippen molar-refractivity contribution in [2.24, 2.45) is 0 Å². The molecule has 0 bridgehead atoms. The molecule has 0 spiro atoms. The molecule has 0 fully saturated rings. The molecule has 2 heteroatoms. The van der Waals surface area contributed by atoms with Crippen LogP contribution in [-0.2, 0) is 4.74 Å². The minimum atomic E-state index is 0.207. The van der Waals surface area contributed by atoms with Crippen molar-refractivity contribution in [3.8, 4) is 12.3 Å². The van der Waals surface area contributed by atoms with E-state index in [1.165, 1.54) is 15.6 Å². The van der Waals surface area contributed by atoms with E-state index in [1.54, 1.807) is 0 Å². The van der Waals surface area contributed by atoms with Gasteiger partial charge in [0, 0.05) is 3.58 Å². The zero-order valence-electron chi connectivity index (χ0n) is 7.55. The summed E-state index contributed by atoms with van der Waals surface area (Å²) >= 11 is 2.34. The second-order valence-corrected chi connectivity index (χ2v) is 4.14. The number of allylic oxidation sites excluding steroid dienone is 2. The van der Waals surface area contributed by atoms with Crippen LogP contribution in [0.1, 0.15) is 19.3 Å². The Labute approximate surface area is 93.4 Å². The third-order valence-electron chi connectivity index (χ3n) is 2.12. The van der Waals surface area contributed by atoms with Crippen molar-refractivity contribution in [3.63, 3.8) is 0 Å². The highest BCUT2D eigenvalue weighted by Crippen LogP contribution is 2.32. The van der Waals surface area contributed by atoms with Crippen molar-refractivity contribution in [2.75, 3.05) is 6.61 Å². The summed E-state index contributed by atoms with van der Waals surface area (Å²) in [6.07, 6.45) is 10.6. The fourth-order valence-electron chi connectivity index (χ4n) is 1.44. The Morgan fingerprint density at radius 2 is 2.54 bits per heavy atom. The lowest BCUT2D eigenvalue weighted by molar-refractivity contribution is 0.0996. The van der Waals surface area contributed by atoms with Crippen LogP contribution in [-0.4, -0.2) is 12.7 Å². The lowest BCUT2D eigenvalue weighted by Gasteiger charge is -2.23. The summed E-state index contributed by atoms with van der Waals surface area (Å²) in [5.74, 6) is 2.49. The maximum absolute atomic E-state index is 5.53. The van der Waals surface area contributed by atoms with Gasteiger partial charge < -0.3 is 4.74 Å². The van der Waals surface area contributed by atoms with E-state index in [9.17, 15) is 0 Å². The lowest BCUT2D eigenvalue weighted by atomic mass is 9.97. The van der Waals surface area contributed by atoms with Gasteiger partial charge in [0.2, 0.25) is 0 Å². The van der Waals surface area contributed by atoms with Crippen LogP contribution in [0.2, 0.25) is 0 Å². The van der Waals surface area contributed by atoms with E-state index in [0.29, 0.717) is 6.61 Å². The standard InChI is InChI=1S/C11H13IO/c1-3-8-13-10-7-5-6-9(4-2)11(10)12/h1,4,10H,2,5-8H2. The molecule has 0 amide bonds. The largest absolute Gasteiger partial charge is 0.360 e. The molecule has 1 aliphatic rings. The zero-order valence-corrected chi connectivity index (χ0v) is 9.71. The summed E-state index contributed by atoms with van der Waals surface area (Å²) in [7, 11) is 0. The summed E-state index contributed by atoms with van der Waals surface area (Å²) in [6.45, 7) is 4.20. The third-order valence-corrected chi connectivity index (χ3v) is 3.50. The maximum Gasteiger partial charge on any atom is 0.108 e. The summed E-state index contributed by atoms with van der Waals surface area (Å²) < 4.78 is 6.80. The van der Waals surface area contributed by atoms with Crippen LogP contribution in [0.4, 0.5) is 0 Å². The van der Waals surface area contributed by atoms with Gasteiger partial charge in [-0.2, -0.15) is 0 Å². The lowest BCUT2D eigenvalue weighted by Crippen LogP contribution is -2.18. The molecule has 0 radical (unpaired) electrons. The maximum atomic E-state index is 5.53. The van der Waals surface area contributed by atoms with E-state index >= 15 is 0 Å². The molecule has 0 aromatic heterocycles. The van der Waals surface area contributed by atoms with Crippen molar-refractivity contribution < 1.29 is 4.74 Å². The molecule has 0 saturated heterocycles. The predicted molar refractivity (Wildman–Crippen MR) is 63.7 cm³/mol. The van der Waals surface area contributed by atoms with Gasteiger partial charge in [0.1, 0.15) is 6.61 Å². The number of ether oxygens (including phenoxy) is 1. The van der Waals surface area contributed by atoms with Gasteiger partial charge in [0.25, 0.3) is 0 Å². The van der Waals surface area contributed by atoms with E-state index in [4.69, 9.17) is 11.2 Å². The van der Waals surface area contributed by atoms with Crippen LogP contribution in [0.25, 0.3) is 0 Å². The number of terminal acetylenes is 1. The highest BCUT2D eigenvalue weighted by atomic mass is 127. The molecule has 1 nitrogen and oxygen atoms in total. The average molecular weight is 288 g/mol. The first-order chi connectivity index (χ1) is 6.29. The van der Waals surface area contributed by atoms with Gasteiger partial charge in [-0.1, -0.05) is 18.6 Å². The molecule has 0 N–H and O–H groups in total. The van der Waals surface area contributed by atoms with Crippen LogP contribution in [0.3, 0.4) is 0 Å².